The minimum absolute atomic E-state index is 0.151. The Morgan fingerprint density at radius 2 is 2.00 bits per heavy atom. The molecule has 0 aromatic carbocycles. The van der Waals surface area contributed by atoms with Crippen LogP contribution in [-0.4, -0.2) is 20.9 Å². The highest BCUT2D eigenvalue weighted by Crippen LogP contribution is 2.22. The molecule has 104 valence electrons. The summed E-state index contributed by atoms with van der Waals surface area (Å²) < 4.78 is 0. The van der Waals surface area contributed by atoms with Crippen molar-refractivity contribution in [2.24, 2.45) is 0 Å². The fourth-order valence-corrected chi connectivity index (χ4v) is 2.61. The van der Waals surface area contributed by atoms with Gasteiger partial charge in [-0.25, -0.2) is 4.98 Å². The Labute approximate surface area is 125 Å². The lowest BCUT2D eigenvalue weighted by Crippen LogP contribution is -2.22. The molecule has 5 nitrogen and oxygen atoms in total. The van der Waals surface area contributed by atoms with Crippen LogP contribution >= 0.6 is 11.3 Å². The van der Waals surface area contributed by atoms with Gasteiger partial charge in [0.05, 0.1) is 17.8 Å². The van der Waals surface area contributed by atoms with E-state index in [1.165, 1.54) is 0 Å². The number of amides is 1. The van der Waals surface area contributed by atoms with Gasteiger partial charge in [-0.05, 0) is 24.3 Å². The first-order chi connectivity index (χ1) is 10.3. The fraction of sp³-hybridized carbons (Fsp3) is 0.0667. The van der Waals surface area contributed by atoms with Crippen LogP contribution in [0.1, 0.15) is 16.1 Å². The maximum Gasteiger partial charge on any atom is 0.253 e. The predicted molar refractivity (Wildman–Crippen MR) is 80.8 cm³/mol. The minimum Gasteiger partial charge on any atom is -0.346 e. The fourth-order valence-electron chi connectivity index (χ4n) is 1.79. The molecule has 6 heteroatoms. The molecule has 3 rings (SSSR count). The van der Waals surface area contributed by atoms with Crippen LogP contribution in [0.2, 0.25) is 0 Å². The second-order valence-electron chi connectivity index (χ2n) is 4.30. The largest absolute Gasteiger partial charge is 0.346 e. The van der Waals surface area contributed by atoms with E-state index in [9.17, 15) is 4.79 Å². The van der Waals surface area contributed by atoms with Crippen molar-refractivity contribution >= 4 is 17.2 Å². The van der Waals surface area contributed by atoms with Gasteiger partial charge in [-0.2, -0.15) is 0 Å². The highest BCUT2D eigenvalue weighted by Gasteiger charge is 2.08. The molecule has 0 radical (unpaired) electrons. The van der Waals surface area contributed by atoms with E-state index in [2.05, 4.69) is 20.3 Å². The molecule has 3 aromatic heterocycles. The first-order valence-electron chi connectivity index (χ1n) is 6.36. The van der Waals surface area contributed by atoms with E-state index in [0.717, 1.165) is 16.3 Å². The highest BCUT2D eigenvalue weighted by molar-refractivity contribution is 7.13. The average molecular weight is 296 g/mol. The van der Waals surface area contributed by atoms with Gasteiger partial charge in [-0.3, -0.25) is 14.8 Å². The standard InChI is InChI=1S/C15H12N4OS/c20-14(12-2-1-5-17-8-12)18-9-13-10-21-15(19-13)11-3-6-16-7-4-11/h1-8,10H,9H2,(H,18,20). The van der Waals surface area contributed by atoms with Gasteiger partial charge in [-0.1, -0.05) is 0 Å². The summed E-state index contributed by atoms with van der Waals surface area (Å²) in [4.78, 5) is 24.3. The van der Waals surface area contributed by atoms with Crippen LogP contribution in [-0.2, 0) is 6.54 Å². The minimum atomic E-state index is -0.151. The van der Waals surface area contributed by atoms with Crippen LogP contribution in [0, 0.1) is 0 Å². The van der Waals surface area contributed by atoms with E-state index < -0.39 is 0 Å². The predicted octanol–water partition coefficient (Wildman–Crippen LogP) is 2.53. The summed E-state index contributed by atoms with van der Waals surface area (Å²) in [6.45, 7) is 0.398. The summed E-state index contributed by atoms with van der Waals surface area (Å²) >= 11 is 1.55. The first kappa shape index (κ1) is 13.4. The van der Waals surface area contributed by atoms with Crippen LogP contribution in [0.4, 0.5) is 0 Å². The Kier molecular flexibility index (Phi) is 3.97. The Hall–Kier alpha value is -2.60. The maximum atomic E-state index is 11.9. The van der Waals surface area contributed by atoms with Crippen molar-refractivity contribution in [2.75, 3.05) is 0 Å². The van der Waals surface area contributed by atoms with Gasteiger partial charge in [0, 0.05) is 35.7 Å². The Morgan fingerprint density at radius 1 is 1.14 bits per heavy atom. The summed E-state index contributed by atoms with van der Waals surface area (Å²) in [5.41, 5.74) is 2.41. The van der Waals surface area contributed by atoms with E-state index in [4.69, 9.17) is 0 Å². The summed E-state index contributed by atoms with van der Waals surface area (Å²) in [5, 5.41) is 5.70. The Bertz CT molecular complexity index is 728. The zero-order valence-electron chi connectivity index (χ0n) is 11.1. The summed E-state index contributed by atoms with van der Waals surface area (Å²) in [6.07, 6.45) is 6.65. The number of nitrogens with zero attached hydrogens (tertiary/aromatic N) is 3. The van der Waals surface area contributed by atoms with Crippen molar-refractivity contribution in [1.82, 2.24) is 20.3 Å². The molecule has 0 fully saturated rings. The second-order valence-corrected chi connectivity index (χ2v) is 5.16. The van der Waals surface area contributed by atoms with E-state index in [1.807, 2.05) is 17.5 Å². The zero-order chi connectivity index (χ0) is 14.5. The molecular formula is C15H12N4OS. The van der Waals surface area contributed by atoms with Crippen LogP contribution in [0.15, 0.2) is 54.4 Å². The van der Waals surface area contributed by atoms with Crippen LogP contribution in [0.5, 0.6) is 0 Å². The number of carbonyl (C=O) groups is 1. The smallest absolute Gasteiger partial charge is 0.253 e. The Morgan fingerprint density at radius 3 is 2.76 bits per heavy atom. The van der Waals surface area contributed by atoms with Gasteiger partial charge >= 0.3 is 0 Å². The van der Waals surface area contributed by atoms with Gasteiger partial charge < -0.3 is 5.32 Å². The molecule has 0 bridgehead atoms. The first-order valence-corrected chi connectivity index (χ1v) is 7.24. The Balaban J connectivity index is 1.64. The maximum absolute atomic E-state index is 11.9. The van der Waals surface area contributed by atoms with Gasteiger partial charge in [-0.15, -0.1) is 11.3 Å². The number of hydrogen-bond acceptors (Lipinski definition) is 5. The van der Waals surface area contributed by atoms with Gasteiger partial charge in [0.25, 0.3) is 5.91 Å². The van der Waals surface area contributed by atoms with Gasteiger partial charge in [0.1, 0.15) is 5.01 Å². The lowest BCUT2D eigenvalue weighted by molar-refractivity contribution is 0.0950. The number of aromatic nitrogens is 3. The quantitative estimate of drug-likeness (QED) is 0.803. The topological polar surface area (TPSA) is 67.8 Å². The molecular weight excluding hydrogens is 284 g/mol. The molecule has 0 unspecified atom stereocenters. The third-order valence-electron chi connectivity index (χ3n) is 2.83. The van der Waals surface area contributed by atoms with Crippen molar-refractivity contribution in [2.45, 2.75) is 6.54 Å². The molecule has 0 saturated carbocycles. The van der Waals surface area contributed by atoms with E-state index in [1.54, 1.807) is 48.3 Å². The lowest BCUT2D eigenvalue weighted by atomic mass is 10.2. The third-order valence-corrected chi connectivity index (χ3v) is 3.77. The summed E-state index contributed by atoms with van der Waals surface area (Å²) in [5.74, 6) is -0.151. The number of thiazole rings is 1. The zero-order valence-corrected chi connectivity index (χ0v) is 11.9. The van der Waals surface area contributed by atoms with Crippen molar-refractivity contribution in [3.63, 3.8) is 0 Å². The van der Waals surface area contributed by atoms with E-state index >= 15 is 0 Å². The van der Waals surface area contributed by atoms with Crippen molar-refractivity contribution in [3.05, 3.63) is 65.7 Å². The van der Waals surface area contributed by atoms with E-state index in [0.29, 0.717) is 12.1 Å². The molecule has 0 aliphatic heterocycles. The number of pyridine rings is 2. The van der Waals surface area contributed by atoms with Gasteiger partial charge in [0.2, 0.25) is 0 Å². The monoisotopic (exact) mass is 296 g/mol. The number of carbonyl (C=O) groups excluding carboxylic acids is 1. The van der Waals surface area contributed by atoms with Gasteiger partial charge in [0.15, 0.2) is 0 Å². The van der Waals surface area contributed by atoms with Crippen molar-refractivity contribution in [3.8, 4) is 10.6 Å². The van der Waals surface area contributed by atoms with Crippen LogP contribution < -0.4 is 5.32 Å². The van der Waals surface area contributed by atoms with Crippen molar-refractivity contribution in [1.29, 1.82) is 0 Å². The molecule has 0 atom stereocenters. The summed E-state index contributed by atoms with van der Waals surface area (Å²) in [6, 6.07) is 7.29. The number of nitrogens with one attached hydrogen (secondary N) is 1. The third kappa shape index (κ3) is 3.29. The second kappa shape index (κ2) is 6.23. The molecule has 0 aliphatic rings. The molecule has 0 aliphatic carbocycles. The van der Waals surface area contributed by atoms with Crippen LogP contribution in [0.25, 0.3) is 10.6 Å². The molecule has 3 aromatic rings. The highest BCUT2D eigenvalue weighted by atomic mass is 32.1. The SMILES string of the molecule is O=C(NCc1csc(-c2ccncc2)n1)c1cccnc1. The molecule has 1 N–H and O–H groups in total. The van der Waals surface area contributed by atoms with Crippen molar-refractivity contribution < 1.29 is 4.79 Å². The molecule has 1 amide bonds. The summed E-state index contributed by atoms with van der Waals surface area (Å²) in [7, 11) is 0. The molecule has 3 heterocycles. The molecule has 0 saturated heterocycles. The normalized spacial score (nSPS) is 10.3. The average Bonchev–Trinajstić information content (AvgIpc) is 3.03. The number of rotatable bonds is 4. The van der Waals surface area contributed by atoms with E-state index in [-0.39, 0.29) is 5.91 Å². The molecule has 0 spiro atoms. The lowest BCUT2D eigenvalue weighted by Gasteiger charge is -2.02. The molecule has 21 heavy (non-hydrogen) atoms. The van der Waals surface area contributed by atoms with Crippen LogP contribution in [0.3, 0.4) is 0 Å². The number of hydrogen-bond donors (Lipinski definition) is 1.